The summed E-state index contributed by atoms with van der Waals surface area (Å²) in [6.07, 6.45) is 8.44. The van der Waals surface area contributed by atoms with E-state index in [1.807, 2.05) is 0 Å². The van der Waals surface area contributed by atoms with Crippen molar-refractivity contribution in [3.8, 4) is 0 Å². The molecule has 0 spiro atoms. The van der Waals surface area contributed by atoms with Gasteiger partial charge in [0.15, 0.2) is 0 Å². The number of hydrogen-bond acceptors (Lipinski definition) is 2. The molecular formula is C14H30N2. The number of nitrogens with zero attached hydrogens (tertiary/aromatic N) is 1. The third kappa shape index (κ3) is 4.42. The first-order chi connectivity index (χ1) is 7.65. The van der Waals surface area contributed by atoms with E-state index in [1.165, 1.54) is 38.5 Å². The average Bonchev–Trinajstić information content (AvgIpc) is 2.30. The Hall–Kier alpha value is -0.0800. The summed E-state index contributed by atoms with van der Waals surface area (Å²) in [4.78, 5) is 2.42. The van der Waals surface area contributed by atoms with Crippen LogP contribution in [-0.4, -0.2) is 37.6 Å². The fraction of sp³-hybridized carbons (Fsp3) is 1.00. The summed E-state index contributed by atoms with van der Waals surface area (Å²) in [5, 5.41) is 3.67. The lowest BCUT2D eigenvalue weighted by Crippen LogP contribution is -2.45. The third-order valence-electron chi connectivity index (χ3n) is 4.15. The van der Waals surface area contributed by atoms with Gasteiger partial charge in [-0.3, -0.25) is 0 Å². The molecule has 1 N–H and O–H groups in total. The molecule has 0 aromatic rings. The first-order valence-electron chi connectivity index (χ1n) is 7.05. The van der Waals surface area contributed by atoms with E-state index in [1.54, 1.807) is 0 Å². The maximum absolute atomic E-state index is 3.67. The van der Waals surface area contributed by atoms with E-state index in [9.17, 15) is 0 Å². The normalized spacial score (nSPS) is 22.3. The van der Waals surface area contributed by atoms with Crippen molar-refractivity contribution in [2.75, 3.05) is 20.6 Å². The van der Waals surface area contributed by atoms with Gasteiger partial charge >= 0.3 is 0 Å². The van der Waals surface area contributed by atoms with Crippen LogP contribution in [-0.2, 0) is 0 Å². The van der Waals surface area contributed by atoms with Crippen LogP contribution in [0.2, 0.25) is 0 Å². The highest BCUT2D eigenvalue weighted by Gasteiger charge is 2.25. The molecule has 0 aliphatic heterocycles. The van der Waals surface area contributed by atoms with E-state index < -0.39 is 0 Å². The zero-order chi connectivity index (χ0) is 12.0. The highest BCUT2D eigenvalue weighted by atomic mass is 15.1. The summed E-state index contributed by atoms with van der Waals surface area (Å²) < 4.78 is 0. The van der Waals surface area contributed by atoms with Crippen molar-refractivity contribution in [1.29, 1.82) is 0 Å². The van der Waals surface area contributed by atoms with E-state index in [0.717, 1.165) is 18.5 Å². The summed E-state index contributed by atoms with van der Waals surface area (Å²) >= 11 is 0. The van der Waals surface area contributed by atoms with Gasteiger partial charge in [-0.05, 0) is 46.2 Å². The van der Waals surface area contributed by atoms with E-state index in [0.29, 0.717) is 6.04 Å². The highest BCUT2D eigenvalue weighted by molar-refractivity contribution is 4.81. The van der Waals surface area contributed by atoms with Crippen LogP contribution in [0, 0.1) is 5.92 Å². The van der Waals surface area contributed by atoms with E-state index >= 15 is 0 Å². The van der Waals surface area contributed by atoms with E-state index in [-0.39, 0.29) is 0 Å². The van der Waals surface area contributed by atoms with Crippen LogP contribution in [0.25, 0.3) is 0 Å². The quantitative estimate of drug-likeness (QED) is 0.749. The fourth-order valence-electron chi connectivity index (χ4n) is 2.76. The molecule has 1 aliphatic carbocycles. The number of hydrogen-bond donors (Lipinski definition) is 1. The smallest absolute Gasteiger partial charge is 0.0242 e. The molecule has 0 amide bonds. The van der Waals surface area contributed by atoms with Gasteiger partial charge < -0.3 is 10.2 Å². The minimum atomic E-state index is 0.658. The molecule has 96 valence electrons. The molecule has 16 heavy (non-hydrogen) atoms. The molecule has 0 aromatic heterocycles. The maximum Gasteiger partial charge on any atom is 0.0242 e. The Balaban J connectivity index is 2.39. The van der Waals surface area contributed by atoms with Gasteiger partial charge in [-0.25, -0.2) is 0 Å². The summed E-state index contributed by atoms with van der Waals surface area (Å²) in [6, 6.07) is 1.39. The number of rotatable bonds is 6. The topological polar surface area (TPSA) is 15.3 Å². The van der Waals surface area contributed by atoms with Crippen LogP contribution < -0.4 is 5.32 Å². The second-order valence-electron chi connectivity index (χ2n) is 5.65. The molecule has 1 aliphatic rings. The minimum absolute atomic E-state index is 0.658. The second kappa shape index (κ2) is 7.29. The minimum Gasteiger partial charge on any atom is -0.313 e. The summed E-state index contributed by atoms with van der Waals surface area (Å²) in [5.41, 5.74) is 0. The Morgan fingerprint density at radius 2 is 1.81 bits per heavy atom. The van der Waals surface area contributed by atoms with Crippen molar-refractivity contribution in [2.45, 2.75) is 64.5 Å². The molecule has 2 heteroatoms. The van der Waals surface area contributed by atoms with Crippen LogP contribution >= 0.6 is 0 Å². The lowest BCUT2D eigenvalue weighted by Gasteiger charge is -2.35. The van der Waals surface area contributed by atoms with Crippen molar-refractivity contribution in [3.63, 3.8) is 0 Å². The van der Waals surface area contributed by atoms with Gasteiger partial charge in [0.1, 0.15) is 0 Å². The van der Waals surface area contributed by atoms with Crippen molar-refractivity contribution in [3.05, 3.63) is 0 Å². The molecule has 2 unspecified atom stereocenters. The summed E-state index contributed by atoms with van der Waals surface area (Å²) in [7, 11) is 4.47. The lowest BCUT2D eigenvalue weighted by atomic mass is 9.83. The van der Waals surface area contributed by atoms with Gasteiger partial charge in [-0.1, -0.05) is 26.2 Å². The largest absolute Gasteiger partial charge is 0.313 e. The molecule has 0 aromatic carbocycles. The molecule has 1 fully saturated rings. The van der Waals surface area contributed by atoms with E-state index in [4.69, 9.17) is 0 Å². The first-order valence-corrected chi connectivity index (χ1v) is 7.05. The Kier molecular flexibility index (Phi) is 6.37. The second-order valence-corrected chi connectivity index (χ2v) is 5.65. The number of likely N-dealkylation sites (N-methyl/N-ethyl adjacent to an activating group) is 1. The van der Waals surface area contributed by atoms with Crippen LogP contribution in [0.1, 0.15) is 52.4 Å². The maximum atomic E-state index is 3.67. The van der Waals surface area contributed by atoms with Crippen molar-refractivity contribution < 1.29 is 0 Å². The predicted octanol–water partition coefficient (Wildman–Crippen LogP) is 2.89. The Morgan fingerprint density at radius 3 is 2.31 bits per heavy atom. The van der Waals surface area contributed by atoms with Crippen molar-refractivity contribution in [1.82, 2.24) is 10.2 Å². The molecule has 2 nitrogen and oxygen atoms in total. The molecule has 1 saturated carbocycles. The third-order valence-corrected chi connectivity index (χ3v) is 4.15. The Morgan fingerprint density at radius 1 is 1.19 bits per heavy atom. The summed E-state index contributed by atoms with van der Waals surface area (Å²) in [6.45, 7) is 5.70. The van der Waals surface area contributed by atoms with Gasteiger partial charge in [0, 0.05) is 18.6 Å². The zero-order valence-electron chi connectivity index (χ0n) is 11.6. The monoisotopic (exact) mass is 226 g/mol. The molecule has 0 saturated heterocycles. The molecule has 2 atom stereocenters. The number of nitrogens with one attached hydrogen (secondary N) is 1. The zero-order valence-corrected chi connectivity index (χ0v) is 11.6. The van der Waals surface area contributed by atoms with E-state index in [2.05, 4.69) is 38.2 Å². The predicted molar refractivity (Wildman–Crippen MR) is 71.8 cm³/mol. The van der Waals surface area contributed by atoms with Crippen LogP contribution in [0.4, 0.5) is 0 Å². The van der Waals surface area contributed by atoms with Gasteiger partial charge in [-0.15, -0.1) is 0 Å². The van der Waals surface area contributed by atoms with Crippen LogP contribution in [0.5, 0.6) is 0 Å². The molecule has 1 rings (SSSR count). The van der Waals surface area contributed by atoms with Crippen molar-refractivity contribution in [2.24, 2.45) is 5.92 Å². The standard InChI is InChI=1S/C14H30N2/c1-5-12(2)15-11-14(16(3)4)13-9-7-6-8-10-13/h12-15H,5-11H2,1-4H3. The van der Waals surface area contributed by atoms with Gasteiger partial charge in [0.2, 0.25) is 0 Å². The molecule has 0 bridgehead atoms. The average molecular weight is 226 g/mol. The van der Waals surface area contributed by atoms with Gasteiger partial charge in [0.05, 0.1) is 0 Å². The molecule has 0 heterocycles. The van der Waals surface area contributed by atoms with Crippen LogP contribution in [0.15, 0.2) is 0 Å². The summed E-state index contributed by atoms with van der Waals surface area (Å²) in [5.74, 6) is 0.917. The SMILES string of the molecule is CCC(C)NCC(C1CCCCC1)N(C)C. The van der Waals surface area contributed by atoms with Crippen molar-refractivity contribution >= 4 is 0 Å². The highest BCUT2D eigenvalue weighted by Crippen LogP contribution is 2.28. The van der Waals surface area contributed by atoms with Gasteiger partial charge in [-0.2, -0.15) is 0 Å². The Bertz CT molecular complexity index is 174. The lowest BCUT2D eigenvalue weighted by molar-refractivity contribution is 0.163. The fourth-order valence-corrected chi connectivity index (χ4v) is 2.76. The van der Waals surface area contributed by atoms with Crippen LogP contribution in [0.3, 0.4) is 0 Å². The first kappa shape index (κ1) is 14.0. The Labute approximate surface area is 102 Å². The molecule has 0 radical (unpaired) electrons. The molecular weight excluding hydrogens is 196 g/mol. The van der Waals surface area contributed by atoms with Gasteiger partial charge in [0.25, 0.3) is 0 Å².